The zero-order valence-corrected chi connectivity index (χ0v) is 21.5. The van der Waals surface area contributed by atoms with Gasteiger partial charge in [0.15, 0.2) is 5.69 Å². The number of benzene rings is 2. The second-order valence-electron chi connectivity index (χ2n) is 10.4. The summed E-state index contributed by atoms with van der Waals surface area (Å²) in [6.07, 6.45) is -7.82. The number of aromatic nitrogens is 2. The fourth-order valence-electron chi connectivity index (χ4n) is 4.26. The van der Waals surface area contributed by atoms with Gasteiger partial charge in [0.1, 0.15) is 5.69 Å². The molecule has 2 heterocycles. The van der Waals surface area contributed by atoms with E-state index >= 15 is 0 Å². The molecule has 4 nitrogen and oxygen atoms in total. The molecule has 0 aliphatic rings. The minimum absolute atomic E-state index is 0.0301. The first-order chi connectivity index (χ1) is 18.1. The summed E-state index contributed by atoms with van der Waals surface area (Å²) in [6, 6.07) is 14.5. The minimum Gasteiger partial charge on any atom is -0.359 e. The number of pyridine rings is 1. The predicted molar refractivity (Wildman–Crippen MR) is 136 cm³/mol. The normalized spacial score (nSPS) is 12.6. The van der Waals surface area contributed by atoms with Crippen LogP contribution in [0.4, 0.5) is 26.3 Å². The van der Waals surface area contributed by atoms with Crippen molar-refractivity contribution in [2.24, 2.45) is 0 Å². The van der Waals surface area contributed by atoms with Crippen molar-refractivity contribution in [3.05, 3.63) is 101 Å². The van der Waals surface area contributed by atoms with Crippen LogP contribution in [0.5, 0.6) is 0 Å². The van der Waals surface area contributed by atoms with Gasteiger partial charge in [-0.05, 0) is 46.7 Å². The van der Waals surface area contributed by atoms with Crippen LogP contribution >= 0.6 is 0 Å². The molecule has 1 N–H and O–H groups in total. The van der Waals surface area contributed by atoms with Gasteiger partial charge in [-0.15, -0.1) is 0 Å². The SMILES string of the molecule is CC(C)(C)c1ccc(CN(CCc2cccc(C(F)(F)F)c2)C(=O)c2nc(C(F)(F)F)cc3cc[nH]c23)cc1. The van der Waals surface area contributed by atoms with E-state index in [4.69, 9.17) is 0 Å². The Bertz CT molecular complexity index is 1460. The number of fused-ring (bicyclic) bond motifs is 1. The fourth-order valence-corrected chi connectivity index (χ4v) is 4.26. The summed E-state index contributed by atoms with van der Waals surface area (Å²) in [5.41, 5.74) is -0.267. The number of carbonyl (C=O) groups excluding carboxylic acids is 1. The largest absolute Gasteiger partial charge is 0.433 e. The molecule has 39 heavy (non-hydrogen) atoms. The standard InChI is InChI=1S/C29H27F6N3O/c1-27(2,3)21-9-7-19(8-10-21)17-38(14-12-18-5-4-6-22(15-18)28(30,31)32)26(39)25-24-20(11-13-36-24)16-23(37-25)29(33,34)35/h4-11,13,15-16,36H,12,14,17H2,1-3H3. The van der Waals surface area contributed by atoms with Crippen molar-refractivity contribution in [3.63, 3.8) is 0 Å². The van der Waals surface area contributed by atoms with Crippen molar-refractivity contribution < 1.29 is 31.1 Å². The molecule has 0 saturated carbocycles. The summed E-state index contributed by atoms with van der Waals surface area (Å²) in [7, 11) is 0. The third kappa shape index (κ3) is 6.61. The molecule has 1 amide bonds. The van der Waals surface area contributed by atoms with Crippen LogP contribution in [-0.4, -0.2) is 27.3 Å². The monoisotopic (exact) mass is 547 g/mol. The number of nitrogens with one attached hydrogen (secondary N) is 1. The molecule has 2 aromatic carbocycles. The number of aromatic amines is 1. The molecule has 0 bridgehead atoms. The van der Waals surface area contributed by atoms with E-state index in [-0.39, 0.29) is 35.8 Å². The average Bonchev–Trinajstić information content (AvgIpc) is 3.33. The van der Waals surface area contributed by atoms with Gasteiger partial charge < -0.3 is 9.88 Å². The Morgan fingerprint density at radius 2 is 1.54 bits per heavy atom. The Labute approximate surface area is 221 Å². The predicted octanol–water partition coefficient (Wildman–Crippen LogP) is 7.78. The number of halogens is 6. The summed E-state index contributed by atoms with van der Waals surface area (Å²) in [6.45, 7) is 6.14. The molecule has 0 fully saturated rings. The van der Waals surface area contributed by atoms with Crippen molar-refractivity contribution in [2.75, 3.05) is 6.54 Å². The van der Waals surface area contributed by atoms with Crippen LogP contribution in [0.3, 0.4) is 0 Å². The van der Waals surface area contributed by atoms with Gasteiger partial charge in [-0.3, -0.25) is 4.79 Å². The van der Waals surface area contributed by atoms with Gasteiger partial charge >= 0.3 is 12.4 Å². The number of carbonyl (C=O) groups is 1. The summed E-state index contributed by atoms with van der Waals surface area (Å²) in [5, 5.41) is 0.174. The molecule has 0 aliphatic carbocycles. The Morgan fingerprint density at radius 1 is 0.846 bits per heavy atom. The minimum atomic E-state index is -4.77. The lowest BCUT2D eigenvalue weighted by atomic mass is 9.87. The van der Waals surface area contributed by atoms with Gasteiger partial charge in [-0.2, -0.15) is 26.3 Å². The van der Waals surface area contributed by atoms with Gasteiger partial charge in [0.2, 0.25) is 0 Å². The van der Waals surface area contributed by atoms with Crippen LogP contribution in [0.2, 0.25) is 0 Å². The number of hydrogen-bond acceptors (Lipinski definition) is 2. The van der Waals surface area contributed by atoms with E-state index in [0.717, 1.165) is 29.3 Å². The quantitative estimate of drug-likeness (QED) is 0.251. The van der Waals surface area contributed by atoms with Crippen molar-refractivity contribution >= 4 is 16.8 Å². The van der Waals surface area contributed by atoms with E-state index in [1.165, 1.54) is 29.3 Å². The van der Waals surface area contributed by atoms with E-state index < -0.39 is 35.2 Å². The Balaban J connectivity index is 1.70. The Morgan fingerprint density at radius 3 is 2.15 bits per heavy atom. The van der Waals surface area contributed by atoms with Crippen molar-refractivity contribution in [2.45, 2.75) is 51.5 Å². The summed E-state index contributed by atoms with van der Waals surface area (Å²) in [4.78, 5) is 21.5. The van der Waals surface area contributed by atoms with Crippen LogP contribution in [0, 0.1) is 0 Å². The number of rotatable bonds is 6. The van der Waals surface area contributed by atoms with E-state index in [2.05, 4.69) is 9.97 Å². The fraction of sp³-hybridized carbons (Fsp3) is 0.310. The van der Waals surface area contributed by atoms with Crippen LogP contribution in [0.1, 0.15) is 59.2 Å². The molecule has 4 rings (SSSR count). The topological polar surface area (TPSA) is 49.0 Å². The summed E-state index contributed by atoms with van der Waals surface area (Å²) >= 11 is 0. The number of alkyl halides is 6. The average molecular weight is 548 g/mol. The molecule has 2 aromatic heterocycles. The van der Waals surface area contributed by atoms with Gasteiger partial charge in [-0.1, -0.05) is 63.2 Å². The molecular formula is C29H27F6N3O. The lowest BCUT2D eigenvalue weighted by Gasteiger charge is -2.24. The Hall–Kier alpha value is -3.82. The number of nitrogens with zero attached hydrogens (tertiary/aromatic N) is 2. The molecule has 0 saturated heterocycles. The molecule has 0 radical (unpaired) electrons. The van der Waals surface area contributed by atoms with E-state index in [1.54, 1.807) is 0 Å². The van der Waals surface area contributed by atoms with Crippen LogP contribution in [0.15, 0.2) is 66.9 Å². The lowest BCUT2D eigenvalue weighted by Crippen LogP contribution is -2.34. The maximum atomic E-state index is 13.7. The highest BCUT2D eigenvalue weighted by Gasteiger charge is 2.35. The second-order valence-corrected chi connectivity index (χ2v) is 10.4. The van der Waals surface area contributed by atoms with Crippen molar-refractivity contribution in [1.82, 2.24) is 14.9 Å². The van der Waals surface area contributed by atoms with E-state index in [9.17, 15) is 31.1 Å². The molecular weight excluding hydrogens is 520 g/mol. The number of hydrogen-bond donors (Lipinski definition) is 1. The third-order valence-electron chi connectivity index (χ3n) is 6.44. The van der Waals surface area contributed by atoms with Crippen LogP contribution in [-0.2, 0) is 30.7 Å². The highest BCUT2D eigenvalue weighted by molar-refractivity contribution is 6.04. The maximum absolute atomic E-state index is 13.7. The maximum Gasteiger partial charge on any atom is 0.433 e. The molecule has 0 aliphatic heterocycles. The molecule has 0 unspecified atom stereocenters. The zero-order chi connectivity index (χ0) is 28.6. The molecule has 4 aromatic rings. The third-order valence-corrected chi connectivity index (χ3v) is 6.44. The first-order valence-electron chi connectivity index (χ1n) is 12.2. The van der Waals surface area contributed by atoms with Crippen molar-refractivity contribution in [3.8, 4) is 0 Å². The lowest BCUT2D eigenvalue weighted by molar-refractivity contribution is -0.141. The van der Waals surface area contributed by atoms with Crippen LogP contribution in [0.25, 0.3) is 10.9 Å². The molecule has 0 spiro atoms. The molecule has 0 atom stereocenters. The highest BCUT2D eigenvalue weighted by atomic mass is 19.4. The molecule has 206 valence electrons. The van der Waals surface area contributed by atoms with Gasteiger partial charge in [0, 0.05) is 24.7 Å². The zero-order valence-electron chi connectivity index (χ0n) is 21.5. The van der Waals surface area contributed by atoms with Gasteiger partial charge in [0.05, 0.1) is 11.1 Å². The molecule has 10 heteroatoms. The first kappa shape index (κ1) is 28.2. The number of H-pyrrole nitrogens is 1. The first-order valence-corrected chi connectivity index (χ1v) is 12.2. The summed E-state index contributed by atoms with van der Waals surface area (Å²) < 4.78 is 80.3. The van der Waals surface area contributed by atoms with Gasteiger partial charge in [-0.25, -0.2) is 4.98 Å². The smallest absolute Gasteiger partial charge is 0.359 e. The number of amides is 1. The Kier molecular flexibility index (Phi) is 7.51. The van der Waals surface area contributed by atoms with E-state index in [0.29, 0.717) is 5.56 Å². The van der Waals surface area contributed by atoms with E-state index in [1.807, 2.05) is 45.0 Å². The van der Waals surface area contributed by atoms with Crippen LogP contribution < -0.4 is 0 Å². The highest BCUT2D eigenvalue weighted by Crippen LogP contribution is 2.32. The van der Waals surface area contributed by atoms with Gasteiger partial charge in [0.25, 0.3) is 5.91 Å². The summed E-state index contributed by atoms with van der Waals surface area (Å²) in [5.74, 6) is -0.763. The second kappa shape index (κ2) is 10.4. The van der Waals surface area contributed by atoms with Crippen molar-refractivity contribution in [1.29, 1.82) is 0 Å².